The van der Waals surface area contributed by atoms with Crippen LogP contribution in [0.1, 0.15) is 28.8 Å². The Labute approximate surface area is 129 Å². The zero-order valence-corrected chi connectivity index (χ0v) is 12.5. The van der Waals surface area contributed by atoms with Gasteiger partial charge in [-0.2, -0.15) is 0 Å². The Balaban J connectivity index is 2.12. The number of hydrogen-bond donors (Lipinski definition) is 3. The van der Waals surface area contributed by atoms with Gasteiger partial charge in [-0.3, -0.25) is 4.90 Å². The molecule has 0 bridgehead atoms. The van der Waals surface area contributed by atoms with E-state index in [1.807, 2.05) is 24.1 Å². The van der Waals surface area contributed by atoms with Gasteiger partial charge in [-0.1, -0.05) is 12.1 Å². The van der Waals surface area contributed by atoms with Gasteiger partial charge in [-0.15, -0.1) is 0 Å². The Hall–Kier alpha value is -2.24. The van der Waals surface area contributed by atoms with E-state index in [1.54, 1.807) is 24.3 Å². The summed E-state index contributed by atoms with van der Waals surface area (Å²) in [7, 11) is 3.45. The van der Waals surface area contributed by atoms with Gasteiger partial charge in [0.05, 0.1) is 19.3 Å². The molecule has 1 aliphatic rings. The van der Waals surface area contributed by atoms with Crippen molar-refractivity contribution in [2.45, 2.75) is 12.1 Å². The molecule has 2 aromatic rings. The number of benzene rings is 2. The number of likely N-dealkylation sites (N-methyl/N-ethyl adjacent to an activating group) is 1. The van der Waals surface area contributed by atoms with Crippen LogP contribution in [0.5, 0.6) is 17.2 Å². The Morgan fingerprint density at radius 3 is 2.59 bits per heavy atom. The van der Waals surface area contributed by atoms with Crippen molar-refractivity contribution in [3.8, 4) is 17.2 Å². The summed E-state index contributed by atoms with van der Waals surface area (Å²) in [4.78, 5) is 2.04. The molecular formula is C17H19NO4. The molecule has 0 radical (unpaired) electrons. The van der Waals surface area contributed by atoms with E-state index in [2.05, 4.69) is 0 Å². The average Bonchev–Trinajstić information content (AvgIpc) is 2.49. The summed E-state index contributed by atoms with van der Waals surface area (Å²) in [6.07, 6.45) is -0.637. The van der Waals surface area contributed by atoms with E-state index in [0.29, 0.717) is 12.3 Å². The monoisotopic (exact) mass is 301 g/mol. The number of aliphatic hydroxyl groups is 1. The summed E-state index contributed by atoms with van der Waals surface area (Å²) in [5, 5.41) is 29.7. The predicted molar refractivity (Wildman–Crippen MR) is 82.2 cm³/mol. The zero-order chi connectivity index (χ0) is 15.9. The molecule has 2 atom stereocenters. The molecular weight excluding hydrogens is 282 g/mol. The third-order valence-corrected chi connectivity index (χ3v) is 4.15. The number of β-amino-alcohol motifs (C(OH)–C–C–N with tert-alkyl or cyclic N) is 1. The van der Waals surface area contributed by atoms with Crippen molar-refractivity contribution in [3.63, 3.8) is 0 Å². The highest BCUT2D eigenvalue weighted by molar-refractivity contribution is 5.48. The number of aromatic hydroxyl groups is 2. The average molecular weight is 301 g/mol. The van der Waals surface area contributed by atoms with Gasteiger partial charge in [-0.05, 0) is 48.0 Å². The van der Waals surface area contributed by atoms with Crippen LogP contribution in [-0.2, 0) is 0 Å². The van der Waals surface area contributed by atoms with Crippen molar-refractivity contribution >= 4 is 0 Å². The minimum absolute atomic E-state index is 0.0755. The van der Waals surface area contributed by atoms with E-state index in [-0.39, 0.29) is 17.5 Å². The standard InChI is InChI=1S/C17H19NO4/c1-18-9-15(21)13-8-11(19)4-5-12(13)17(18)10-3-6-14(20)16(7-10)22-2/h3-8,15,17,19-21H,9H2,1-2H3/t15-,17-/m0/s1. The summed E-state index contributed by atoms with van der Waals surface area (Å²) in [6.45, 7) is 0.463. The van der Waals surface area contributed by atoms with E-state index in [4.69, 9.17) is 4.74 Å². The first-order chi connectivity index (χ1) is 10.5. The zero-order valence-electron chi connectivity index (χ0n) is 12.5. The molecule has 0 unspecified atom stereocenters. The molecule has 0 saturated carbocycles. The van der Waals surface area contributed by atoms with E-state index in [0.717, 1.165) is 16.7 Å². The molecule has 116 valence electrons. The summed E-state index contributed by atoms with van der Waals surface area (Å²) in [5.41, 5.74) is 2.62. The third kappa shape index (κ3) is 2.38. The van der Waals surface area contributed by atoms with Gasteiger partial charge in [-0.25, -0.2) is 0 Å². The minimum Gasteiger partial charge on any atom is -0.508 e. The summed E-state index contributed by atoms with van der Waals surface area (Å²) in [5.74, 6) is 0.650. The lowest BCUT2D eigenvalue weighted by Crippen LogP contribution is -2.35. The maximum Gasteiger partial charge on any atom is 0.160 e. The summed E-state index contributed by atoms with van der Waals surface area (Å²) < 4.78 is 5.18. The van der Waals surface area contributed by atoms with Crippen molar-refractivity contribution in [2.24, 2.45) is 0 Å². The third-order valence-electron chi connectivity index (χ3n) is 4.15. The van der Waals surface area contributed by atoms with Gasteiger partial charge < -0.3 is 20.1 Å². The molecule has 0 amide bonds. The van der Waals surface area contributed by atoms with Gasteiger partial charge in [0, 0.05) is 6.54 Å². The summed E-state index contributed by atoms with van der Waals surface area (Å²) in [6, 6.07) is 10.2. The molecule has 0 fully saturated rings. The number of hydrogen-bond acceptors (Lipinski definition) is 5. The highest BCUT2D eigenvalue weighted by atomic mass is 16.5. The fourth-order valence-corrected chi connectivity index (χ4v) is 3.11. The molecule has 5 nitrogen and oxygen atoms in total. The van der Waals surface area contributed by atoms with Gasteiger partial charge in [0.2, 0.25) is 0 Å². The SMILES string of the molecule is COc1cc([C@H]2c3ccc(O)cc3[C@@H](O)CN2C)ccc1O. The minimum atomic E-state index is -0.637. The van der Waals surface area contributed by atoms with Crippen LogP contribution in [0.2, 0.25) is 0 Å². The van der Waals surface area contributed by atoms with E-state index >= 15 is 0 Å². The first-order valence-electron chi connectivity index (χ1n) is 7.09. The lowest BCUT2D eigenvalue weighted by atomic mass is 9.87. The number of fused-ring (bicyclic) bond motifs is 1. The maximum absolute atomic E-state index is 10.2. The Bertz CT molecular complexity index is 701. The molecule has 5 heteroatoms. The summed E-state index contributed by atoms with van der Waals surface area (Å²) >= 11 is 0. The highest BCUT2D eigenvalue weighted by Crippen LogP contribution is 2.41. The molecule has 3 rings (SSSR count). The van der Waals surface area contributed by atoms with Gasteiger partial charge in [0.1, 0.15) is 5.75 Å². The quantitative estimate of drug-likeness (QED) is 0.793. The molecule has 22 heavy (non-hydrogen) atoms. The van der Waals surface area contributed by atoms with Crippen LogP contribution in [0.3, 0.4) is 0 Å². The van der Waals surface area contributed by atoms with E-state index in [9.17, 15) is 15.3 Å². The molecule has 2 aromatic carbocycles. The highest BCUT2D eigenvalue weighted by Gasteiger charge is 2.31. The van der Waals surface area contributed by atoms with Crippen LogP contribution in [0.15, 0.2) is 36.4 Å². The normalized spacial score (nSPS) is 21.4. The van der Waals surface area contributed by atoms with E-state index < -0.39 is 6.10 Å². The second kappa shape index (κ2) is 5.51. The fourth-order valence-electron chi connectivity index (χ4n) is 3.11. The number of aliphatic hydroxyl groups excluding tert-OH is 1. The molecule has 0 aliphatic carbocycles. The number of methoxy groups -OCH3 is 1. The smallest absolute Gasteiger partial charge is 0.160 e. The van der Waals surface area contributed by atoms with Crippen molar-refractivity contribution in [2.75, 3.05) is 20.7 Å². The van der Waals surface area contributed by atoms with E-state index in [1.165, 1.54) is 7.11 Å². The topological polar surface area (TPSA) is 73.2 Å². The maximum atomic E-state index is 10.2. The van der Waals surface area contributed by atoms with Gasteiger partial charge >= 0.3 is 0 Å². The van der Waals surface area contributed by atoms with Crippen molar-refractivity contribution in [3.05, 3.63) is 53.1 Å². The van der Waals surface area contributed by atoms with Gasteiger partial charge in [0.15, 0.2) is 11.5 Å². The Morgan fingerprint density at radius 2 is 1.86 bits per heavy atom. The first kappa shape index (κ1) is 14.7. The molecule has 3 N–H and O–H groups in total. The van der Waals surface area contributed by atoms with Crippen molar-refractivity contribution in [1.82, 2.24) is 4.90 Å². The molecule has 0 saturated heterocycles. The number of phenols is 2. The van der Waals surface area contributed by atoms with Crippen LogP contribution >= 0.6 is 0 Å². The first-order valence-corrected chi connectivity index (χ1v) is 7.09. The molecule has 0 aromatic heterocycles. The number of ether oxygens (including phenoxy) is 1. The number of rotatable bonds is 2. The number of phenolic OH excluding ortho intramolecular Hbond substituents is 2. The Kier molecular flexibility index (Phi) is 3.68. The lowest BCUT2D eigenvalue weighted by Gasteiger charge is -2.37. The largest absolute Gasteiger partial charge is 0.508 e. The van der Waals surface area contributed by atoms with Crippen molar-refractivity contribution in [1.29, 1.82) is 0 Å². The van der Waals surface area contributed by atoms with Crippen LogP contribution in [0, 0.1) is 0 Å². The van der Waals surface area contributed by atoms with Crippen LogP contribution in [0.25, 0.3) is 0 Å². The molecule has 1 heterocycles. The second-order valence-corrected chi connectivity index (χ2v) is 5.60. The lowest BCUT2D eigenvalue weighted by molar-refractivity contribution is 0.0941. The van der Waals surface area contributed by atoms with Crippen LogP contribution in [0.4, 0.5) is 0 Å². The Morgan fingerprint density at radius 1 is 1.09 bits per heavy atom. The van der Waals surface area contributed by atoms with Gasteiger partial charge in [0.25, 0.3) is 0 Å². The number of nitrogens with zero attached hydrogens (tertiary/aromatic N) is 1. The van der Waals surface area contributed by atoms with Crippen LogP contribution < -0.4 is 4.74 Å². The molecule has 1 aliphatic heterocycles. The predicted octanol–water partition coefficient (Wildman–Crippen LogP) is 2.17. The second-order valence-electron chi connectivity index (χ2n) is 5.60. The molecule has 0 spiro atoms. The van der Waals surface area contributed by atoms with Crippen LogP contribution in [-0.4, -0.2) is 40.9 Å². The fraction of sp³-hybridized carbons (Fsp3) is 0.294. The van der Waals surface area contributed by atoms with Crippen molar-refractivity contribution < 1.29 is 20.1 Å².